The molecule has 25 heavy (non-hydrogen) atoms. The van der Waals surface area contributed by atoms with E-state index < -0.39 is 41.8 Å². The number of hydrogen-bond donors (Lipinski definition) is 4. The SMILES string of the molecule is NC(=O)N1CCN(c2ccccc2F)CC1C(C(=O)O)[C@H](N)C(=O)O. The Balaban J connectivity index is 2.38. The second kappa shape index (κ2) is 7.34. The normalized spacial score (nSPS) is 20.0. The van der Waals surface area contributed by atoms with E-state index in [0.29, 0.717) is 0 Å². The molecule has 0 aliphatic carbocycles. The number of piperazine rings is 1. The molecule has 10 heteroatoms. The molecule has 2 unspecified atom stereocenters. The minimum atomic E-state index is -1.75. The maximum Gasteiger partial charge on any atom is 0.321 e. The molecular formula is C15H19FN4O5. The first-order valence-corrected chi connectivity index (χ1v) is 7.50. The number of amides is 2. The summed E-state index contributed by atoms with van der Waals surface area (Å²) in [6, 6.07) is 2.14. The predicted octanol–water partition coefficient (Wildman–Crippen LogP) is -0.492. The van der Waals surface area contributed by atoms with Gasteiger partial charge in [-0.2, -0.15) is 0 Å². The van der Waals surface area contributed by atoms with Crippen LogP contribution in [0.4, 0.5) is 14.9 Å². The van der Waals surface area contributed by atoms with Crippen LogP contribution in [0.5, 0.6) is 0 Å². The number of carbonyl (C=O) groups is 3. The molecule has 1 saturated heterocycles. The Labute approximate surface area is 142 Å². The van der Waals surface area contributed by atoms with E-state index in [4.69, 9.17) is 16.6 Å². The van der Waals surface area contributed by atoms with E-state index in [9.17, 15) is 23.9 Å². The van der Waals surface area contributed by atoms with Crippen molar-refractivity contribution in [1.29, 1.82) is 0 Å². The number of primary amides is 1. The molecule has 1 aliphatic rings. The van der Waals surface area contributed by atoms with Gasteiger partial charge in [0, 0.05) is 19.6 Å². The van der Waals surface area contributed by atoms with Crippen LogP contribution in [0.1, 0.15) is 0 Å². The highest BCUT2D eigenvalue weighted by atomic mass is 19.1. The third-order valence-electron chi connectivity index (χ3n) is 4.27. The first-order chi connectivity index (χ1) is 11.7. The zero-order chi connectivity index (χ0) is 18.7. The molecule has 2 amide bonds. The van der Waals surface area contributed by atoms with Crippen LogP contribution in [-0.4, -0.2) is 64.8 Å². The number of nitrogens with two attached hydrogens (primary N) is 2. The number of anilines is 1. The first-order valence-electron chi connectivity index (χ1n) is 7.50. The van der Waals surface area contributed by atoms with E-state index in [0.717, 1.165) is 4.90 Å². The van der Waals surface area contributed by atoms with Gasteiger partial charge in [0.2, 0.25) is 0 Å². The summed E-state index contributed by atoms with van der Waals surface area (Å²) < 4.78 is 14.0. The van der Waals surface area contributed by atoms with Crippen molar-refractivity contribution >= 4 is 23.7 Å². The monoisotopic (exact) mass is 354 g/mol. The van der Waals surface area contributed by atoms with Crippen molar-refractivity contribution in [2.75, 3.05) is 24.5 Å². The number of carboxylic acids is 2. The van der Waals surface area contributed by atoms with Crippen LogP contribution in [0, 0.1) is 11.7 Å². The molecule has 1 heterocycles. The van der Waals surface area contributed by atoms with Gasteiger partial charge in [-0.05, 0) is 12.1 Å². The number of benzene rings is 1. The average Bonchev–Trinajstić information content (AvgIpc) is 2.54. The Hall–Kier alpha value is -2.88. The minimum absolute atomic E-state index is 0.0183. The molecule has 136 valence electrons. The second-order valence-electron chi connectivity index (χ2n) is 5.72. The number of rotatable bonds is 5. The Morgan fingerprint density at radius 3 is 2.32 bits per heavy atom. The van der Waals surface area contributed by atoms with E-state index in [-0.39, 0.29) is 25.3 Å². The van der Waals surface area contributed by atoms with E-state index >= 15 is 0 Å². The van der Waals surface area contributed by atoms with Crippen LogP contribution in [0.15, 0.2) is 24.3 Å². The minimum Gasteiger partial charge on any atom is -0.481 e. The van der Waals surface area contributed by atoms with Crippen molar-refractivity contribution < 1.29 is 29.0 Å². The Morgan fingerprint density at radius 2 is 1.80 bits per heavy atom. The molecule has 1 fully saturated rings. The predicted molar refractivity (Wildman–Crippen MR) is 85.4 cm³/mol. The summed E-state index contributed by atoms with van der Waals surface area (Å²) in [7, 11) is 0. The molecule has 0 radical (unpaired) electrons. The van der Waals surface area contributed by atoms with E-state index in [1.165, 1.54) is 18.2 Å². The largest absolute Gasteiger partial charge is 0.481 e. The van der Waals surface area contributed by atoms with Crippen LogP contribution >= 0.6 is 0 Å². The molecule has 0 aromatic heterocycles. The summed E-state index contributed by atoms with van der Waals surface area (Å²) in [6.45, 7) is 0.126. The van der Waals surface area contributed by atoms with Gasteiger partial charge < -0.3 is 31.5 Å². The highest BCUT2D eigenvalue weighted by molar-refractivity contribution is 5.84. The lowest BCUT2D eigenvalue weighted by atomic mass is 9.89. The number of carbonyl (C=O) groups excluding carboxylic acids is 1. The third kappa shape index (κ3) is 3.79. The van der Waals surface area contributed by atoms with Crippen LogP contribution in [-0.2, 0) is 9.59 Å². The summed E-state index contributed by atoms with van der Waals surface area (Å²) in [6.07, 6.45) is 0. The fourth-order valence-electron chi connectivity index (χ4n) is 3.03. The quantitative estimate of drug-likeness (QED) is 0.557. The van der Waals surface area contributed by atoms with Crippen LogP contribution in [0.2, 0.25) is 0 Å². The molecule has 9 nitrogen and oxygen atoms in total. The van der Waals surface area contributed by atoms with E-state index in [1.54, 1.807) is 11.0 Å². The molecule has 0 bridgehead atoms. The van der Waals surface area contributed by atoms with Gasteiger partial charge in [-0.25, -0.2) is 9.18 Å². The number of carboxylic acid groups (broad SMARTS) is 2. The van der Waals surface area contributed by atoms with Gasteiger partial charge in [-0.3, -0.25) is 9.59 Å². The number of nitrogens with zero attached hydrogens (tertiary/aromatic N) is 2. The Bertz CT molecular complexity index is 686. The summed E-state index contributed by atoms with van der Waals surface area (Å²) >= 11 is 0. The lowest BCUT2D eigenvalue weighted by Gasteiger charge is -2.44. The number of urea groups is 1. The summed E-state index contributed by atoms with van der Waals surface area (Å²) in [4.78, 5) is 37.1. The second-order valence-corrected chi connectivity index (χ2v) is 5.72. The first kappa shape index (κ1) is 18.5. The standard InChI is InChI=1S/C15H19FN4O5/c16-8-3-1-2-4-9(8)19-5-6-20(15(18)25)10(7-19)11(13(21)22)12(17)14(23)24/h1-4,10-12H,5-7,17H2,(H2,18,25)(H,21,22)(H,23,24)/t10?,11?,12-/m0/s1. The maximum absolute atomic E-state index is 14.0. The van der Waals surface area contributed by atoms with Gasteiger partial charge in [0.1, 0.15) is 17.8 Å². The van der Waals surface area contributed by atoms with Gasteiger partial charge in [-0.15, -0.1) is 0 Å². The summed E-state index contributed by atoms with van der Waals surface area (Å²) in [5, 5.41) is 18.5. The summed E-state index contributed by atoms with van der Waals surface area (Å²) in [5.41, 5.74) is 11.0. The molecule has 1 aromatic carbocycles. The molecule has 2 rings (SSSR count). The van der Waals surface area contributed by atoms with Gasteiger partial charge in [0.05, 0.1) is 11.7 Å². The highest BCUT2D eigenvalue weighted by Gasteiger charge is 2.44. The van der Waals surface area contributed by atoms with Crippen molar-refractivity contribution in [3.63, 3.8) is 0 Å². The molecule has 6 N–H and O–H groups in total. The fraction of sp³-hybridized carbons (Fsp3) is 0.400. The number of aliphatic carboxylic acids is 2. The molecule has 0 saturated carbocycles. The fourth-order valence-corrected chi connectivity index (χ4v) is 3.03. The average molecular weight is 354 g/mol. The van der Waals surface area contributed by atoms with Gasteiger partial charge in [-0.1, -0.05) is 12.1 Å². The zero-order valence-corrected chi connectivity index (χ0v) is 13.2. The van der Waals surface area contributed by atoms with Crippen molar-refractivity contribution in [3.8, 4) is 0 Å². The van der Waals surface area contributed by atoms with Crippen molar-refractivity contribution in [2.45, 2.75) is 12.1 Å². The van der Waals surface area contributed by atoms with Gasteiger partial charge in [0.25, 0.3) is 0 Å². The van der Waals surface area contributed by atoms with Crippen LogP contribution in [0.25, 0.3) is 0 Å². The molecular weight excluding hydrogens is 335 g/mol. The van der Waals surface area contributed by atoms with Crippen LogP contribution < -0.4 is 16.4 Å². The number of halogens is 1. The Morgan fingerprint density at radius 1 is 1.16 bits per heavy atom. The van der Waals surface area contributed by atoms with Gasteiger partial charge in [0.15, 0.2) is 0 Å². The lowest BCUT2D eigenvalue weighted by molar-refractivity contribution is -0.152. The van der Waals surface area contributed by atoms with Crippen molar-refractivity contribution in [1.82, 2.24) is 4.90 Å². The van der Waals surface area contributed by atoms with Crippen LogP contribution in [0.3, 0.4) is 0 Å². The zero-order valence-electron chi connectivity index (χ0n) is 13.2. The van der Waals surface area contributed by atoms with Crippen molar-refractivity contribution in [2.24, 2.45) is 17.4 Å². The summed E-state index contributed by atoms with van der Waals surface area (Å²) in [5.74, 6) is -5.09. The molecule has 1 aliphatic heterocycles. The van der Waals surface area contributed by atoms with Gasteiger partial charge >= 0.3 is 18.0 Å². The highest BCUT2D eigenvalue weighted by Crippen LogP contribution is 2.26. The molecule has 1 aromatic rings. The van der Waals surface area contributed by atoms with E-state index in [2.05, 4.69) is 0 Å². The third-order valence-corrected chi connectivity index (χ3v) is 4.27. The Kier molecular flexibility index (Phi) is 5.42. The molecule has 3 atom stereocenters. The number of hydrogen-bond acceptors (Lipinski definition) is 5. The maximum atomic E-state index is 14.0. The number of para-hydroxylation sites is 1. The van der Waals surface area contributed by atoms with Crippen molar-refractivity contribution in [3.05, 3.63) is 30.1 Å². The smallest absolute Gasteiger partial charge is 0.321 e. The lowest BCUT2D eigenvalue weighted by Crippen LogP contribution is -2.64. The topological polar surface area (TPSA) is 150 Å². The van der Waals surface area contributed by atoms with E-state index in [1.807, 2.05) is 0 Å². The molecule has 0 spiro atoms.